The number of nitro groups is 1. The number of fused-ring (bicyclic) bond motifs is 1. The topological polar surface area (TPSA) is 138 Å². The first-order valence-electron chi connectivity index (χ1n) is 17.2. The third kappa shape index (κ3) is 7.27. The molecule has 0 radical (unpaired) electrons. The van der Waals surface area contributed by atoms with Gasteiger partial charge in [-0.1, -0.05) is 0 Å². The highest BCUT2D eigenvalue weighted by atomic mass is 32.1. The van der Waals surface area contributed by atoms with Gasteiger partial charge in [-0.05, 0) is 67.7 Å². The highest BCUT2D eigenvalue weighted by molar-refractivity contribution is 7.71. The summed E-state index contributed by atoms with van der Waals surface area (Å²) in [7, 11) is 0. The summed E-state index contributed by atoms with van der Waals surface area (Å²) in [6, 6.07) is 15.4. The van der Waals surface area contributed by atoms with Crippen LogP contribution in [0.4, 0.5) is 25.8 Å². The Labute approximate surface area is 307 Å². The monoisotopic (exact) mass is 745 g/mol. The molecule has 276 valence electrons. The van der Waals surface area contributed by atoms with Gasteiger partial charge in [0, 0.05) is 94.0 Å². The number of anilines is 2. The Bertz CT molecular complexity index is 2290. The van der Waals surface area contributed by atoms with E-state index in [9.17, 15) is 29.2 Å². The van der Waals surface area contributed by atoms with Crippen molar-refractivity contribution in [3.63, 3.8) is 0 Å². The second kappa shape index (κ2) is 14.8. The highest BCUT2D eigenvalue weighted by Gasteiger charge is 2.25. The Balaban J connectivity index is 1.06. The second-order valence-corrected chi connectivity index (χ2v) is 13.4. The molecule has 53 heavy (non-hydrogen) atoms. The zero-order chi connectivity index (χ0) is 37.4. The number of carbonyl (C=O) groups is 1. The minimum Gasteiger partial charge on any atom is -0.477 e. The van der Waals surface area contributed by atoms with Crippen LogP contribution >= 0.6 is 12.2 Å². The van der Waals surface area contributed by atoms with Crippen LogP contribution in [0.1, 0.15) is 23.1 Å². The van der Waals surface area contributed by atoms with E-state index in [1.807, 2.05) is 16.4 Å². The molecule has 0 saturated carbocycles. The predicted molar refractivity (Wildman–Crippen MR) is 198 cm³/mol. The van der Waals surface area contributed by atoms with Crippen molar-refractivity contribution < 1.29 is 23.6 Å². The number of hydrogen-bond acceptors (Lipinski definition) is 10. The third-order valence-corrected chi connectivity index (χ3v) is 10.3. The summed E-state index contributed by atoms with van der Waals surface area (Å²) in [5, 5.41) is 25.5. The molecule has 3 aromatic carbocycles. The summed E-state index contributed by atoms with van der Waals surface area (Å²) in [6.45, 7) is 8.12. The number of aryl methyl sites for hydroxylation is 1. The van der Waals surface area contributed by atoms with Crippen molar-refractivity contribution in [1.29, 1.82) is 0 Å². The molecule has 17 heteroatoms. The van der Waals surface area contributed by atoms with Gasteiger partial charge in [0.15, 0.2) is 5.82 Å². The zero-order valence-corrected chi connectivity index (χ0v) is 29.7. The molecule has 0 atom stereocenters. The van der Waals surface area contributed by atoms with Crippen molar-refractivity contribution in [1.82, 2.24) is 28.7 Å². The SMILES string of the molecule is CCn1cc(C(=O)O)c(=O)c2cc(F)c(N3CCN(Cn4nc(CN5CCN(c6ccc([N+](=O)[O-])cc6)CC5)n(-c5ccc(F)cc5)c4=S)CC3)cc21. The fraction of sp³-hybridized carbons (Fsp3) is 0.333. The summed E-state index contributed by atoms with van der Waals surface area (Å²) >= 11 is 5.94. The Morgan fingerprint density at radius 1 is 0.906 bits per heavy atom. The number of piperazine rings is 2. The van der Waals surface area contributed by atoms with Crippen LogP contribution in [0.3, 0.4) is 0 Å². The summed E-state index contributed by atoms with van der Waals surface area (Å²) < 4.78 is 35.1. The van der Waals surface area contributed by atoms with Crippen LogP contribution in [0.5, 0.6) is 0 Å². The van der Waals surface area contributed by atoms with Gasteiger partial charge in [0.05, 0.1) is 29.3 Å². The molecule has 2 aliphatic heterocycles. The number of aromatic nitrogens is 4. The highest BCUT2D eigenvalue weighted by Crippen LogP contribution is 2.27. The van der Waals surface area contributed by atoms with E-state index < -0.39 is 27.7 Å². The van der Waals surface area contributed by atoms with Gasteiger partial charge < -0.3 is 19.5 Å². The van der Waals surface area contributed by atoms with Crippen molar-refractivity contribution >= 4 is 46.2 Å². The molecular weight excluding hydrogens is 709 g/mol. The maximum absolute atomic E-state index is 15.5. The molecule has 14 nitrogen and oxygen atoms in total. The van der Waals surface area contributed by atoms with Crippen LogP contribution < -0.4 is 15.2 Å². The largest absolute Gasteiger partial charge is 0.477 e. The smallest absolute Gasteiger partial charge is 0.341 e. The maximum Gasteiger partial charge on any atom is 0.341 e. The van der Waals surface area contributed by atoms with Gasteiger partial charge in [-0.15, -0.1) is 0 Å². The van der Waals surface area contributed by atoms with Gasteiger partial charge in [0.1, 0.15) is 17.2 Å². The number of rotatable bonds is 10. The lowest BCUT2D eigenvalue weighted by Gasteiger charge is -2.36. The molecule has 0 unspecified atom stereocenters. The van der Waals surface area contributed by atoms with E-state index in [-0.39, 0.29) is 16.9 Å². The molecular formula is C36H37F2N9O5S. The fourth-order valence-electron chi connectivity index (χ4n) is 7.02. The number of hydrogen-bond donors (Lipinski definition) is 1. The van der Waals surface area contributed by atoms with E-state index in [0.29, 0.717) is 73.4 Å². The van der Waals surface area contributed by atoms with Crippen LogP contribution in [0.2, 0.25) is 0 Å². The van der Waals surface area contributed by atoms with Crippen molar-refractivity contribution in [2.24, 2.45) is 0 Å². The molecule has 0 spiro atoms. The number of carboxylic acids is 1. The predicted octanol–water partition coefficient (Wildman–Crippen LogP) is 4.72. The summed E-state index contributed by atoms with van der Waals surface area (Å²) in [6.07, 6.45) is 1.30. The van der Waals surface area contributed by atoms with E-state index >= 15 is 4.39 Å². The molecule has 2 saturated heterocycles. The van der Waals surface area contributed by atoms with Crippen molar-refractivity contribution in [2.75, 3.05) is 62.2 Å². The van der Waals surface area contributed by atoms with E-state index in [1.54, 1.807) is 39.6 Å². The normalized spacial score (nSPS) is 15.7. The number of benzene rings is 3. The average Bonchev–Trinajstić information content (AvgIpc) is 3.45. The Kier molecular flexibility index (Phi) is 10.0. The second-order valence-electron chi connectivity index (χ2n) is 13.1. The van der Waals surface area contributed by atoms with Gasteiger partial charge in [-0.2, -0.15) is 5.10 Å². The van der Waals surface area contributed by atoms with Crippen molar-refractivity contribution in [2.45, 2.75) is 26.7 Å². The molecule has 7 rings (SSSR count). The lowest BCUT2D eigenvalue weighted by atomic mass is 10.1. The zero-order valence-electron chi connectivity index (χ0n) is 28.9. The molecule has 5 aromatic rings. The van der Waals surface area contributed by atoms with Crippen molar-refractivity contribution in [3.8, 4) is 5.69 Å². The van der Waals surface area contributed by atoms with E-state index in [4.69, 9.17) is 17.3 Å². The standard InChI is InChI=1S/C36H37F2N9O5S/c1-2-42-21-29(35(49)50)34(48)28-19-30(38)32(20-31(28)42)44-17-13-41(14-18-44)23-45-36(53)46(26-5-3-24(37)4-6-26)33(39-45)22-40-11-15-43(16-12-40)25-7-9-27(10-8-25)47(51)52/h3-10,19-21H,2,11-18,22-23H2,1H3,(H,49,50). The van der Waals surface area contributed by atoms with E-state index in [1.165, 1.54) is 30.5 Å². The number of non-ortho nitro benzene ring substituents is 1. The first-order valence-corrected chi connectivity index (χ1v) is 17.6. The number of pyridine rings is 1. The van der Waals surface area contributed by atoms with Gasteiger partial charge in [-0.25, -0.2) is 18.3 Å². The van der Waals surface area contributed by atoms with Gasteiger partial charge in [0.25, 0.3) is 5.69 Å². The Morgan fingerprint density at radius 2 is 1.53 bits per heavy atom. The molecule has 4 heterocycles. The first kappa shape index (κ1) is 35.9. The summed E-state index contributed by atoms with van der Waals surface area (Å²) in [4.78, 5) is 43.6. The number of halogens is 2. The lowest BCUT2D eigenvalue weighted by molar-refractivity contribution is -0.384. The van der Waals surface area contributed by atoms with Gasteiger partial charge in [0.2, 0.25) is 10.2 Å². The fourth-order valence-corrected chi connectivity index (χ4v) is 7.33. The molecule has 0 bridgehead atoms. The minimum atomic E-state index is -1.35. The lowest BCUT2D eigenvalue weighted by Crippen LogP contribution is -2.47. The molecule has 0 amide bonds. The van der Waals surface area contributed by atoms with Gasteiger partial charge >= 0.3 is 5.97 Å². The van der Waals surface area contributed by atoms with Gasteiger partial charge in [-0.3, -0.25) is 29.3 Å². The maximum atomic E-state index is 15.5. The minimum absolute atomic E-state index is 0.0277. The van der Waals surface area contributed by atoms with Crippen molar-refractivity contribution in [3.05, 3.63) is 115 Å². The Morgan fingerprint density at radius 3 is 2.15 bits per heavy atom. The number of carboxylic acid groups (broad SMARTS) is 1. The average molecular weight is 746 g/mol. The number of nitrogens with zero attached hydrogens (tertiary/aromatic N) is 9. The molecule has 2 fully saturated rings. The molecule has 1 N–H and O–H groups in total. The number of nitro benzene ring substituents is 1. The van der Waals surface area contributed by atoms with Crippen LogP contribution in [0.15, 0.2) is 71.7 Å². The summed E-state index contributed by atoms with van der Waals surface area (Å²) in [5.41, 5.74) is 1.37. The van der Waals surface area contributed by atoms with Crippen LogP contribution in [0, 0.1) is 26.5 Å². The number of aromatic carboxylic acids is 1. The van der Waals surface area contributed by atoms with Crippen LogP contribution in [-0.2, 0) is 19.8 Å². The molecule has 0 aliphatic carbocycles. The van der Waals surface area contributed by atoms with E-state index in [0.717, 1.165) is 37.9 Å². The first-order chi connectivity index (χ1) is 25.5. The Hall–Kier alpha value is -5.52. The molecule has 2 aliphatic rings. The van der Waals surface area contributed by atoms with E-state index in [2.05, 4.69) is 14.7 Å². The van der Waals surface area contributed by atoms with Crippen LogP contribution in [-0.4, -0.2) is 97.1 Å². The quantitative estimate of drug-likeness (QED) is 0.121. The van der Waals surface area contributed by atoms with Crippen LogP contribution in [0.25, 0.3) is 16.6 Å². The third-order valence-electron chi connectivity index (χ3n) is 9.92. The molecule has 2 aromatic heterocycles. The summed E-state index contributed by atoms with van der Waals surface area (Å²) in [5.74, 6) is -1.60.